The second kappa shape index (κ2) is 7.21. The fourth-order valence-corrected chi connectivity index (χ4v) is 3.56. The van der Waals surface area contributed by atoms with Crippen LogP contribution in [0.3, 0.4) is 0 Å². The SMILES string of the molecule is NCC1(CC(=O)NCc2ccc3c(c2)OCCO3)CCCCC1. The monoisotopic (exact) mass is 318 g/mol. The molecule has 0 spiro atoms. The summed E-state index contributed by atoms with van der Waals surface area (Å²) in [7, 11) is 0. The zero-order chi connectivity index (χ0) is 16.1. The number of nitrogens with two attached hydrogens (primary N) is 1. The van der Waals surface area contributed by atoms with E-state index in [1.807, 2.05) is 18.2 Å². The largest absolute Gasteiger partial charge is 0.486 e. The Bertz CT molecular complexity index is 553. The van der Waals surface area contributed by atoms with Crippen molar-refractivity contribution in [1.82, 2.24) is 5.32 Å². The molecule has 126 valence electrons. The Hall–Kier alpha value is -1.75. The summed E-state index contributed by atoms with van der Waals surface area (Å²) in [5.74, 6) is 1.62. The number of carbonyl (C=O) groups is 1. The van der Waals surface area contributed by atoms with E-state index in [0.717, 1.165) is 29.9 Å². The van der Waals surface area contributed by atoms with E-state index in [1.54, 1.807) is 0 Å². The molecule has 1 saturated carbocycles. The van der Waals surface area contributed by atoms with Gasteiger partial charge in [0.25, 0.3) is 0 Å². The summed E-state index contributed by atoms with van der Waals surface area (Å²) in [6.45, 7) is 2.27. The van der Waals surface area contributed by atoms with Crippen molar-refractivity contribution < 1.29 is 14.3 Å². The highest BCUT2D eigenvalue weighted by Crippen LogP contribution is 2.38. The van der Waals surface area contributed by atoms with Crippen molar-refractivity contribution in [3.63, 3.8) is 0 Å². The number of nitrogens with one attached hydrogen (secondary N) is 1. The van der Waals surface area contributed by atoms with E-state index in [1.165, 1.54) is 19.3 Å². The van der Waals surface area contributed by atoms with Crippen molar-refractivity contribution >= 4 is 5.91 Å². The molecule has 0 radical (unpaired) electrons. The predicted octanol–water partition coefficient (Wildman–Crippen LogP) is 2.37. The molecule has 1 aliphatic heterocycles. The molecule has 1 aromatic carbocycles. The normalized spacial score (nSPS) is 19.2. The van der Waals surface area contributed by atoms with Crippen LogP contribution in [0.1, 0.15) is 44.1 Å². The number of hydrogen-bond acceptors (Lipinski definition) is 4. The van der Waals surface area contributed by atoms with Crippen LogP contribution < -0.4 is 20.5 Å². The molecular formula is C18H26N2O3. The van der Waals surface area contributed by atoms with E-state index in [2.05, 4.69) is 5.32 Å². The van der Waals surface area contributed by atoms with E-state index in [4.69, 9.17) is 15.2 Å². The Labute approximate surface area is 137 Å². The smallest absolute Gasteiger partial charge is 0.220 e. The molecular weight excluding hydrogens is 292 g/mol. The van der Waals surface area contributed by atoms with Gasteiger partial charge in [-0.1, -0.05) is 25.3 Å². The summed E-state index contributed by atoms with van der Waals surface area (Å²) < 4.78 is 11.1. The molecule has 1 heterocycles. The zero-order valence-corrected chi connectivity index (χ0v) is 13.6. The van der Waals surface area contributed by atoms with E-state index in [-0.39, 0.29) is 11.3 Å². The van der Waals surface area contributed by atoms with Crippen LogP contribution >= 0.6 is 0 Å². The van der Waals surface area contributed by atoms with Crippen molar-refractivity contribution in [2.75, 3.05) is 19.8 Å². The first kappa shape index (κ1) is 16.1. The number of carbonyl (C=O) groups excluding carboxylic acids is 1. The van der Waals surface area contributed by atoms with E-state index >= 15 is 0 Å². The lowest BCUT2D eigenvalue weighted by Gasteiger charge is -2.35. The Morgan fingerprint density at radius 2 is 1.87 bits per heavy atom. The van der Waals surface area contributed by atoms with Gasteiger partial charge in [0.1, 0.15) is 13.2 Å². The molecule has 3 N–H and O–H groups in total. The van der Waals surface area contributed by atoms with Crippen molar-refractivity contribution in [3.8, 4) is 11.5 Å². The van der Waals surface area contributed by atoms with Crippen LogP contribution in [-0.2, 0) is 11.3 Å². The van der Waals surface area contributed by atoms with E-state index in [0.29, 0.717) is 32.7 Å². The third-order valence-electron chi connectivity index (χ3n) is 4.98. The lowest BCUT2D eigenvalue weighted by atomic mass is 9.71. The molecule has 2 aliphatic rings. The fraction of sp³-hybridized carbons (Fsp3) is 0.611. The highest BCUT2D eigenvalue weighted by atomic mass is 16.6. The molecule has 1 fully saturated rings. The molecule has 0 saturated heterocycles. The molecule has 1 aromatic rings. The molecule has 0 unspecified atom stereocenters. The van der Waals surface area contributed by atoms with Crippen molar-refractivity contribution in [3.05, 3.63) is 23.8 Å². The van der Waals surface area contributed by atoms with Gasteiger partial charge in [-0.15, -0.1) is 0 Å². The third-order valence-corrected chi connectivity index (χ3v) is 4.98. The van der Waals surface area contributed by atoms with Crippen LogP contribution in [0.25, 0.3) is 0 Å². The number of hydrogen-bond donors (Lipinski definition) is 2. The minimum Gasteiger partial charge on any atom is -0.486 e. The minimum atomic E-state index is 0.00906. The lowest BCUT2D eigenvalue weighted by molar-refractivity contribution is -0.124. The first-order valence-electron chi connectivity index (χ1n) is 8.56. The second-order valence-corrected chi connectivity index (χ2v) is 6.70. The van der Waals surface area contributed by atoms with Crippen LogP contribution in [0.4, 0.5) is 0 Å². The van der Waals surface area contributed by atoms with Crippen molar-refractivity contribution in [2.45, 2.75) is 45.1 Å². The topological polar surface area (TPSA) is 73.6 Å². The van der Waals surface area contributed by atoms with Gasteiger partial charge in [0.05, 0.1) is 0 Å². The molecule has 1 amide bonds. The van der Waals surface area contributed by atoms with Crippen LogP contribution in [0.5, 0.6) is 11.5 Å². The third kappa shape index (κ3) is 3.96. The van der Waals surface area contributed by atoms with Gasteiger partial charge in [-0.05, 0) is 42.5 Å². The molecule has 23 heavy (non-hydrogen) atoms. The maximum atomic E-state index is 12.3. The number of fused-ring (bicyclic) bond motifs is 1. The first-order chi connectivity index (χ1) is 11.2. The standard InChI is InChI=1S/C18H26N2O3/c19-13-18(6-2-1-3-7-18)11-17(21)20-12-14-4-5-15-16(10-14)23-9-8-22-15/h4-5,10H,1-3,6-9,11-13,19H2,(H,20,21). The first-order valence-corrected chi connectivity index (χ1v) is 8.56. The molecule has 3 rings (SSSR count). The van der Waals surface area contributed by atoms with E-state index < -0.39 is 0 Å². The van der Waals surface area contributed by atoms with Crippen LogP contribution in [0, 0.1) is 5.41 Å². The predicted molar refractivity (Wildman–Crippen MR) is 88.5 cm³/mol. The quantitative estimate of drug-likeness (QED) is 0.874. The second-order valence-electron chi connectivity index (χ2n) is 6.70. The van der Waals surface area contributed by atoms with Gasteiger partial charge < -0.3 is 20.5 Å². The summed E-state index contributed by atoms with van der Waals surface area (Å²) in [6.07, 6.45) is 6.32. The fourth-order valence-electron chi connectivity index (χ4n) is 3.56. The number of amides is 1. The lowest BCUT2D eigenvalue weighted by Crippen LogP contribution is -2.38. The highest BCUT2D eigenvalue weighted by Gasteiger charge is 2.32. The average Bonchev–Trinajstić information content (AvgIpc) is 2.60. The van der Waals surface area contributed by atoms with Gasteiger partial charge in [0, 0.05) is 13.0 Å². The summed E-state index contributed by atoms with van der Waals surface area (Å²) >= 11 is 0. The maximum Gasteiger partial charge on any atom is 0.220 e. The van der Waals surface area contributed by atoms with Crippen LogP contribution in [0.2, 0.25) is 0 Å². The Kier molecular flexibility index (Phi) is 5.06. The molecule has 0 bridgehead atoms. The molecule has 0 atom stereocenters. The molecule has 0 aromatic heterocycles. The van der Waals surface area contributed by atoms with Gasteiger partial charge >= 0.3 is 0 Å². The molecule has 5 heteroatoms. The summed E-state index contributed by atoms with van der Waals surface area (Å²) in [5, 5.41) is 3.02. The Morgan fingerprint density at radius 3 is 2.61 bits per heavy atom. The van der Waals surface area contributed by atoms with Crippen molar-refractivity contribution in [1.29, 1.82) is 0 Å². The van der Waals surface area contributed by atoms with E-state index in [9.17, 15) is 4.79 Å². The molecule has 5 nitrogen and oxygen atoms in total. The number of benzene rings is 1. The zero-order valence-electron chi connectivity index (χ0n) is 13.6. The van der Waals surface area contributed by atoms with Gasteiger partial charge in [-0.25, -0.2) is 0 Å². The van der Waals surface area contributed by atoms with Gasteiger partial charge in [0.2, 0.25) is 5.91 Å². The Balaban J connectivity index is 1.54. The van der Waals surface area contributed by atoms with Crippen molar-refractivity contribution in [2.24, 2.45) is 11.1 Å². The maximum absolute atomic E-state index is 12.3. The summed E-state index contributed by atoms with van der Waals surface area (Å²) in [6, 6.07) is 5.81. The number of rotatable bonds is 5. The van der Waals surface area contributed by atoms with Gasteiger partial charge in [-0.2, -0.15) is 0 Å². The molecule has 1 aliphatic carbocycles. The average molecular weight is 318 g/mol. The van der Waals surface area contributed by atoms with Crippen LogP contribution in [0.15, 0.2) is 18.2 Å². The minimum absolute atomic E-state index is 0.00906. The van der Waals surface area contributed by atoms with Gasteiger partial charge in [-0.3, -0.25) is 4.79 Å². The van der Waals surface area contributed by atoms with Gasteiger partial charge in [0.15, 0.2) is 11.5 Å². The Morgan fingerprint density at radius 1 is 1.13 bits per heavy atom. The van der Waals surface area contributed by atoms with Crippen LogP contribution in [-0.4, -0.2) is 25.7 Å². The number of ether oxygens (including phenoxy) is 2. The summed E-state index contributed by atoms with van der Waals surface area (Å²) in [4.78, 5) is 12.3. The highest BCUT2D eigenvalue weighted by molar-refractivity contribution is 5.76. The summed E-state index contributed by atoms with van der Waals surface area (Å²) in [5.41, 5.74) is 6.99.